The van der Waals surface area contributed by atoms with Crippen LogP contribution in [0.25, 0.3) is 0 Å². The SMILES string of the molecule is CCc1nnsc1C(O)CCCC1CCCO1. The molecule has 1 aromatic rings. The van der Waals surface area contributed by atoms with Crippen LogP contribution < -0.4 is 0 Å². The van der Waals surface area contributed by atoms with Crippen LogP contribution in [0.2, 0.25) is 0 Å². The fourth-order valence-electron chi connectivity index (χ4n) is 2.26. The van der Waals surface area contributed by atoms with Gasteiger partial charge in [0.1, 0.15) is 0 Å². The van der Waals surface area contributed by atoms with Gasteiger partial charge in [-0.05, 0) is 50.1 Å². The van der Waals surface area contributed by atoms with E-state index in [1.165, 1.54) is 24.4 Å². The fourth-order valence-corrected chi connectivity index (χ4v) is 3.01. The summed E-state index contributed by atoms with van der Waals surface area (Å²) in [6, 6.07) is 0. The third-order valence-corrected chi connectivity index (χ3v) is 4.12. The molecule has 0 aliphatic carbocycles. The van der Waals surface area contributed by atoms with E-state index < -0.39 is 6.10 Å². The van der Waals surface area contributed by atoms with E-state index >= 15 is 0 Å². The smallest absolute Gasteiger partial charge is 0.0917 e. The lowest BCUT2D eigenvalue weighted by molar-refractivity contribution is 0.0947. The molecule has 0 bridgehead atoms. The van der Waals surface area contributed by atoms with Crippen LogP contribution in [0.1, 0.15) is 55.7 Å². The standard InChI is InChI=1S/C12H20N2O2S/c1-2-10-12(17-14-13-10)11(15)7-3-5-9-6-4-8-16-9/h9,11,15H,2-8H2,1H3. The van der Waals surface area contributed by atoms with Crippen LogP contribution in [0.15, 0.2) is 0 Å². The topological polar surface area (TPSA) is 55.2 Å². The molecule has 0 radical (unpaired) electrons. The highest BCUT2D eigenvalue weighted by Gasteiger charge is 2.18. The number of hydrogen-bond acceptors (Lipinski definition) is 5. The average Bonchev–Trinajstić information content (AvgIpc) is 2.99. The minimum absolute atomic E-state index is 0.397. The van der Waals surface area contributed by atoms with Gasteiger partial charge in [-0.1, -0.05) is 11.4 Å². The molecule has 0 saturated carbocycles. The maximum atomic E-state index is 10.1. The van der Waals surface area contributed by atoms with E-state index in [-0.39, 0.29) is 0 Å². The molecule has 2 atom stereocenters. The van der Waals surface area contributed by atoms with E-state index in [1.54, 1.807) is 0 Å². The summed E-state index contributed by atoms with van der Waals surface area (Å²) in [5.41, 5.74) is 0.944. The van der Waals surface area contributed by atoms with E-state index in [2.05, 4.69) is 9.59 Å². The van der Waals surface area contributed by atoms with Crippen molar-refractivity contribution in [1.29, 1.82) is 0 Å². The van der Waals surface area contributed by atoms with Crippen LogP contribution in [0.4, 0.5) is 0 Å². The van der Waals surface area contributed by atoms with Gasteiger partial charge in [0.25, 0.3) is 0 Å². The summed E-state index contributed by atoms with van der Waals surface area (Å²) in [5.74, 6) is 0. The van der Waals surface area contributed by atoms with Crippen molar-refractivity contribution in [3.05, 3.63) is 10.6 Å². The highest BCUT2D eigenvalue weighted by atomic mass is 32.1. The van der Waals surface area contributed by atoms with Gasteiger partial charge < -0.3 is 9.84 Å². The van der Waals surface area contributed by atoms with Crippen molar-refractivity contribution in [2.75, 3.05) is 6.61 Å². The number of nitrogens with zero attached hydrogens (tertiary/aromatic N) is 2. The molecular weight excluding hydrogens is 236 g/mol. The highest BCUT2D eigenvalue weighted by molar-refractivity contribution is 7.05. The van der Waals surface area contributed by atoms with Crippen molar-refractivity contribution in [2.24, 2.45) is 0 Å². The molecule has 96 valence electrons. The molecule has 0 aromatic carbocycles. The summed E-state index contributed by atoms with van der Waals surface area (Å²) in [4.78, 5) is 0.944. The van der Waals surface area contributed by atoms with E-state index in [9.17, 15) is 5.11 Å². The molecule has 1 saturated heterocycles. The van der Waals surface area contributed by atoms with Crippen molar-refractivity contribution in [1.82, 2.24) is 9.59 Å². The molecule has 1 aliphatic rings. The summed E-state index contributed by atoms with van der Waals surface area (Å²) in [6.45, 7) is 2.95. The molecule has 4 nitrogen and oxygen atoms in total. The predicted octanol–water partition coefficient (Wildman–Crippen LogP) is 2.48. The number of aromatic nitrogens is 2. The Bertz CT molecular complexity index is 337. The van der Waals surface area contributed by atoms with Crippen LogP contribution in [-0.2, 0) is 11.2 Å². The maximum absolute atomic E-state index is 10.1. The van der Waals surface area contributed by atoms with E-state index in [0.717, 1.165) is 42.9 Å². The lowest BCUT2D eigenvalue weighted by atomic mass is 10.0. The van der Waals surface area contributed by atoms with Gasteiger partial charge in [0, 0.05) is 6.61 Å². The van der Waals surface area contributed by atoms with Gasteiger partial charge in [-0.2, -0.15) is 0 Å². The van der Waals surface area contributed by atoms with Crippen molar-refractivity contribution < 1.29 is 9.84 Å². The van der Waals surface area contributed by atoms with Crippen LogP contribution in [0, 0.1) is 0 Å². The Balaban J connectivity index is 1.74. The van der Waals surface area contributed by atoms with Gasteiger partial charge in [0.2, 0.25) is 0 Å². The maximum Gasteiger partial charge on any atom is 0.0917 e. The second kappa shape index (κ2) is 6.42. The molecule has 1 fully saturated rings. The molecule has 0 spiro atoms. The molecule has 0 amide bonds. The van der Waals surface area contributed by atoms with Gasteiger partial charge in [-0.25, -0.2) is 0 Å². The molecule has 2 rings (SSSR count). The summed E-state index contributed by atoms with van der Waals surface area (Å²) in [5, 5.41) is 14.1. The Morgan fingerprint density at radius 3 is 3.18 bits per heavy atom. The van der Waals surface area contributed by atoms with E-state index in [4.69, 9.17) is 4.74 Å². The third kappa shape index (κ3) is 3.47. The van der Waals surface area contributed by atoms with Gasteiger partial charge in [0.05, 0.1) is 22.8 Å². The van der Waals surface area contributed by atoms with Crippen LogP contribution >= 0.6 is 11.5 Å². The van der Waals surface area contributed by atoms with Gasteiger partial charge in [0.15, 0.2) is 0 Å². The second-order valence-electron chi connectivity index (χ2n) is 4.52. The summed E-state index contributed by atoms with van der Waals surface area (Å²) < 4.78 is 9.47. The fraction of sp³-hybridized carbons (Fsp3) is 0.833. The first-order chi connectivity index (χ1) is 8.31. The van der Waals surface area contributed by atoms with E-state index in [1.807, 2.05) is 6.92 Å². The molecule has 2 heterocycles. The molecule has 1 aliphatic heterocycles. The Morgan fingerprint density at radius 2 is 2.47 bits per heavy atom. The number of rotatable bonds is 6. The van der Waals surface area contributed by atoms with Crippen molar-refractivity contribution in [3.8, 4) is 0 Å². The van der Waals surface area contributed by atoms with Crippen LogP contribution in [0.3, 0.4) is 0 Å². The average molecular weight is 256 g/mol. The second-order valence-corrected chi connectivity index (χ2v) is 5.30. The van der Waals surface area contributed by atoms with Gasteiger partial charge >= 0.3 is 0 Å². The monoisotopic (exact) mass is 256 g/mol. The number of ether oxygens (including phenoxy) is 1. The Morgan fingerprint density at radius 1 is 1.59 bits per heavy atom. The predicted molar refractivity (Wildman–Crippen MR) is 67.1 cm³/mol. The Labute approximate surface area is 106 Å². The van der Waals surface area contributed by atoms with Crippen molar-refractivity contribution in [3.63, 3.8) is 0 Å². The lowest BCUT2D eigenvalue weighted by Gasteiger charge is -2.12. The minimum atomic E-state index is -0.397. The number of aliphatic hydroxyl groups is 1. The van der Waals surface area contributed by atoms with E-state index in [0.29, 0.717) is 6.10 Å². The summed E-state index contributed by atoms with van der Waals surface area (Å²) in [6.07, 6.45) is 6.09. The molecule has 5 heteroatoms. The first-order valence-corrected chi connectivity index (χ1v) is 7.19. The number of hydrogen-bond donors (Lipinski definition) is 1. The summed E-state index contributed by atoms with van der Waals surface area (Å²) in [7, 11) is 0. The zero-order valence-electron chi connectivity index (χ0n) is 10.3. The largest absolute Gasteiger partial charge is 0.387 e. The molecule has 1 aromatic heterocycles. The van der Waals surface area contributed by atoms with Gasteiger partial charge in [-0.15, -0.1) is 5.10 Å². The normalized spacial score (nSPS) is 21.9. The number of aliphatic hydroxyl groups excluding tert-OH is 1. The molecule has 2 unspecified atom stereocenters. The lowest BCUT2D eigenvalue weighted by Crippen LogP contribution is -2.06. The molecular formula is C12H20N2O2S. The first-order valence-electron chi connectivity index (χ1n) is 6.42. The van der Waals surface area contributed by atoms with Gasteiger partial charge in [-0.3, -0.25) is 0 Å². The Kier molecular flexibility index (Phi) is 4.88. The van der Waals surface area contributed by atoms with Crippen LogP contribution in [-0.4, -0.2) is 27.4 Å². The highest BCUT2D eigenvalue weighted by Crippen LogP contribution is 2.26. The zero-order valence-corrected chi connectivity index (χ0v) is 11.1. The summed E-state index contributed by atoms with van der Waals surface area (Å²) >= 11 is 1.32. The zero-order chi connectivity index (χ0) is 12.1. The third-order valence-electron chi connectivity index (χ3n) is 3.25. The molecule has 17 heavy (non-hydrogen) atoms. The molecule has 1 N–H and O–H groups in total. The van der Waals surface area contributed by atoms with Crippen LogP contribution in [0.5, 0.6) is 0 Å². The minimum Gasteiger partial charge on any atom is -0.387 e. The first kappa shape index (κ1) is 12.9. The van der Waals surface area contributed by atoms with Crippen molar-refractivity contribution in [2.45, 2.75) is 57.7 Å². The quantitative estimate of drug-likeness (QED) is 0.849. The number of aryl methyl sites for hydroxylation is 1. The Hall–Kier alpha value is -0.520. The van der Waals surface area contributed by atoms with Crippen molar-refractivity contribution >= 4 is 11.5 Å².